The largest absolute Gasteiger partial charge is 0.573 e. The molecule has 1 aromatic rings. The van der Waals surface area contributed by atoms with Crippen LogP contribution in [-0.2, 0) is 5.88 Å². The van der Waals surface area contributed by atoms with Gasteiger partial charge in [-0.05, 0) is 17.7 Å². The fourth-order valence-electron chi connectivity index (χ4n) is 1.27. The van der Waals surface area contributed by atoms with E-state index in [4.69, 9.17) is 22.0 Å². The Bertz CT molecular complexity index is 522. The molecule has 0 aliphatic rings. The quantitative estimate of drug-likeness (QED) is 0.864. The van der Waals surface area contributed by atoms with Crippen molar-refractivity contribution >= 4 is 17.6 Å². The highest BCUT2D eigenvalue weighted by Crippen LogP contribution is 2.28. The molecule has 0 saturated heterocycles. The summed E-state index contributed by atoms with van der Waals surface area (Å²) in [4.78, 5) is 10.9. The fraction of sp³-hybridized carbons (Fsp3) is 0.200. The van der Waals surface area contributed by atoms with Crippen LogP contribution in [-0.4, -0.2) is 17.4 Å². The first-order chi connectivity index (χ1) is 8.28. The minimum absolute atomic E-state index is 0.0545. The van der Waals surface area contributed by atoms with E-state index >= 15 is 0 Å². The molecule has 18 heavy (non-hydrogen) atoms. The van der Waals surface area contributed by atoms with Crippen LogP contribution < -0.4 is 4.74 Å². The van der Waals surface area contributed by atoms with Gasteiger partial charge >= 0.3 is 12.3 Å². The molecule has 0 radical (unpaired) electrons. The van der Waals surface area contributed by atoms with Gasteiger partial charge in [-0.3, -0.25) is 0 Å². The Morgan fingerprint density at radius 2 is 2.11 bits per heavy atom. The van der Waals surface area contributed by atoms with Crippen LogP contribution >= 0.6 is 11.6 Å². The smallest absolute Gasteiger partial charge is 0.478 e. The van der Waals surface area contributed by atoms with Crippen LogP contribution in [0, 0.1) is 11.3 Å². The molecule has 0 aromatic heterocycles. The number of hydrogen-bond donors (Lipinski definition) is 1. The van der Waals surface area contributed by atoms with E-state index in [1.807, 2.05) is 0 Å². The molecule has 0 amide bonds. The zero-order valence-electron chi connectivity index (χ0n) is 8.58. The molecule has 0 spiro atoms. The topological polar surface area (TPSA) is 70.3 Å². The van der Waals surface area contributed by atoms with Crippen molar-refractivity contribution in [2.75, 3.05) is 0 Å². The van der Waals surface area contributed by atoms with Gasteiger partial charge in [-0.15, -0.1) is 24.8 Å². The molecule has 0 aliphatic heterocycles. The van der Waals surface area contributed by atoms with Gasteiger partial charge in [0.25, 0.3) is 0 Å². The first-order valence-electron chi connectivity index (χ1n) is 4.40. The van der Waals surface area contributed by atoms with Crippen molar-refractivity contribution in [2.24, 2.45) is 0 Å². The molecule has 0 fully saturated rings. The number of ether oxygens (including phenoxy) is 1. The lowest BCUT2D eigenvalue weighted by Gasteiger charge is -2.12. The maximum Gasteiger partial charge on any atom is 0.573 e. The van der Waals surface area contributed by atoms with Crippen LogP contribution in [0.1, 0.15) is 21.5 Å². The molecule has 4 nitrogen and oxygen atoms in total. The first kappa shape index (κ1) is 14.1. The third-order valence-corrected chi connectivity index (χ3v) is 2.21. The Hall–Kier alpha value is -1.94. The summed E-state index contributed by atoms with van der Waals surface area (Å²) in [5, 5.41) is 17.6. The minimum Gasteiger partial charge on any atom is -0.478 e. The van der Waals surface area contributed by atoms with Crippen LogP contribution in [0.15, 0.2) is 12.1 Å². The van der Waals surface area contributed by atoms with Crippen molar-refractivity contribution in [2.45, 2.75) is 12.2 Å². The number of aromatic carboxylic acids is 1. The Kier molecular flexibility index (Phi) is 4.03. The lowest BCUT2D eigenvalue weighted by atomic mass is 10.0. The molecular formula is C10H5ClF3NO3. The zero-order chi connectivity index (χ0) is 13.9. The van der Waals surface area contributed by atoms with Crippen molar-refractivity contribution in [1.29, 1.82) is 5.26 Å². The summed E-state index contributed by atoms with van der Waals surface area (Å²) in [6.07, 6.45) is -4.97. The summed E-state index contributed by atoms with van der Waals surface area (Å²) >= 11 is 5.47. The molecule has 1 aromatic carbocycles. The molecule has 1 N–H and O–H groups in total. The van der Waals surface area contributed by atoms with E-state index in [2.05, 4.69) is 4.74 Å². The van der Waals surface area contributed by atoms with Crippen LogP contribution in [0.4, 0.5) is 13.2 Å². The molecular weight excluding hydrogens is 275 g/mol. The number of carboxylic acids is 1. The second-order valence-electron chi connectivity index (χ2n) is 3.10. The van der Waals surface area contributed by atoms with Crippen LogP contribution in [0.3, 0.4) is 0 Å². The van der Waals surface area contributed by atoms with Gasteiger partial charge in [-0.1, -0.05) is 0 Å². The van der Waals surface area contributed by atoms with Crippen molar-refractivity contribution in [3.8, 4) is 11.8 Å². The monoisotopic (exact) mass is 279 g/mol. The van der Waals surface area contributed by atoms with Gasteiger partial charge in [-0.2, -0.15) is 5.26 Å². The number of nitrogens with zero attached hydrogens (tertiary/aromatic N) is 1. The van der Waals surface area contributed by atoms with Gasteiger partial charge in [0.1, 0.15) is 5.75 Å². The van der Waals surface area contributed by atoms with E-state index in [9.17, 15) is 18.0 Å². The summed E-state index contributed by atoms with van der Waals surface area (Å²) in [7, 11) is 0. The lowest BCUT2D eigenvalue weighted by Crippen LogP contribution is -2.18. The van der Waals surface area contributed by atoms with E-state index in [1.54, 1.807) is 6.07 Å². The Morgan fingerprint density at radius 3 is 2.50 bits per heavy atom. The Balaban J connectivity index is 3.38. The van der Waals surface area contributed by atoms with Gasteiger partial charge in [0.15, 0.2) is 0 Å². The fourth-order valence-corrected chi connectivity index (χ4v) is 1.56. The van der Waals surface area contributed by atoms with Crippen molar-refractivity contribution in [1.82, 2.24) is 0 Å². The SMILES string of the molecule is N#Cc1cc(OC(F)(F)F)cc(C(=O)O)c1CCl. The third-order valence-electron chi connectivity index (χ3n) is 1.94. The first-order valence-corrected chi connectivity index (χ1v) is 4.94. The van der Waals surface area contributed by atoms with Gasteiger partial charge in [-0.25, -0.2) is 4.79 Å². The van der Waals surface area contributed by atoms with Gasteiger partial charge < -0.3 is 9.84 Å². The van der Waals surface area contributed by atoms with E-state index in [-0.39, 0.29) is 17.0 Å². The van der Waals surface area contributed by atoms with E-state index in [1.165, 1.54) is 0 Å². The van der Waals surface area contributed by atoms with Gasteiger partial charge in [0.05, 0.1) is 17.2 Å². The number of benzene rings is 1. The highest BCUT2D eigenvalue weighted by Gasteiger charge is 2.32. The number of carbonyl (C=O) groups is 1. The normalized spacial score (nSPS) is 10.8. The van der Waals surface area contributed by atoms with Crippen molar-refractivity contribution < 1.29 is 27.8 Å². The van der Waals surface area contributed by atoms with E-state index < -0.39 is 23.6 Å². The summed E-state index contributed by atoms with van der Waals surface area (Å²) in [5.41, 5.74) is -0.825. The van der Waals surface area contributed by atoms with Crippen LogP contribution in [0.25, 0.3) is 0 Å². The number of hydrogen-bond acceptors (Lipinski definition) is 3. The molecule has 1 rings (SSSR count). The molecule has 96 valence electrons. The minimum atomic E-state index is -4.97. The molecule has 0 atom stereocenters. The van der Waals surface area contributed by atoms with Crippen LogP contribution in [0.5, 0.6) is 5.75 Å². The zero-order valence-corrected chi connectivity index (χ0v) is 9.34. The number of carboxylic acid groups (broad SMARTS) is 1. The predicted octanol–water partition coefficient (Wildman–Crippen LogP) is 2.89. The molecule has 8 heteroatoms. The average Bonchev–Trinajstić information content (AvgIpc) is 2.25. The average molecular weight is 280 g/mol. The van der Waals surface area contributed by atoms with Gasteiger partial charge in [0.2, 0.25) is 0 Å². The molecule has 0 heterocycles. The maximum atomic E-state index is 12.0. The van der Waals surface area contributed by atoms with Gasteiger partial charge in [0, 0.05) is 5.88 Å². The summed E-state index contributed by atoms with van der Waals surface area (Å²) in [6.45, 7) is 0. The Morgan fingerprint density at radius 1 is 1.50 bits per heavy atom. The molecule has 0 saturated carbocycles. The van der Waals surface area contributed by atoms with Crippen molar-refractivity contribution in [3.05, 3.63) is 28.8 Å². The number of halogens is 4. The highest BCUT2D eigenvalue weighted by atomic mass is 35.5. The number of rotatable bonds is 3. The summed E-state index contributed by atoms with van der Waals surface area (Å²) in [6, 6.07) is 3.04. The number of alkyl halides is 4. The van der Waals surface area contributed by atoms with Crippen LogP contribution in [0.2, 0.25) is 0 Å². The lowest BCUT2D eigenvalue weighted by molar-refractivity contribution is -0.274. The second kappa shape index (κ2) is 5.14. The third kappa shape index (κ3) is 3.28. The van der Waals surface area contributed by atoms with E-state index in [0.717, 1.165) is 6.07 Å². The summed E-state index contributed by atoms with van der Waals surface area (Å²) < 4.78 is 39.6. The van der Waals surface area contributed by atoms with E-state index in [0.29, 0.717) is 6.07 Å². The number of nitriles is 1. The molecule has 0 aliphatic carbocycles. The molecule has 0 unspecified atom stereocenters. The summed E-state index contributed by atoms with van der Waals surface area (Å²) in [5.74, 6) is -2.57. The maximum absolute atomic E-state index is 12.0. The highest BCUT2D eigenvalue weighted by molar-refractivity contribution is 6.17. The second-order valence-corrected chi connectivity index (χ2v) is 3.36. The van der Waals surface area contributed by atoms with Crippen molar-refractivity contribution in [3.63, 3.8) is 0 Å². The predicted molar refractivity (Wildman–Crippen MR) is 54.4 cm³/mol. The standard InChI is InChI=1S/C10H5ClF3NO3/c11-3-8-5(4-15)1-6(18-10(12,13)14)2-7(8)9(16)17/h1-2H,3H2,(H,16,17). The Labute approximate surface area is 104 Å². The molecule has 0 bridgehead atoms.